The zero-order valence-electron chi connectivity index (χ0n) is 15.8. The summed E-state index contributed by atoms with van der Waals surface area (Å²) in [7, 11) is 3.10. The maximum Gasteiger partial charge on any atom is 0.329 e. The third-order valence-electron chi connectivity index (χ3n) is 4.01. The van der Waals surface area contributed by atoms with E-state index in [0.29, 0.717) is 22.8 Å². The highest BCUT2D eigenvalue weighted by atomic mass is 16.5. The molecule has 0 unspecified atom stereocenters. The summed E-state index contributed by atoms with van der Waals surface area (Å²) in [6.07, 6.45) is 3.14. The fourth-order valence-corrected chi connectivity index (χ4v) is 2.62. The fourth-order valence-electron chi connectivity index (χ4n) is 2.62. The molecule has 9 heteroatoms. The number of nitrogens with one attached hydrogen (secondary N) is 1. The van der Waals surface area contributed by atoms with Crippen molar-refractivity contribution in [2.75, 3.05) is 14.2 Å². The first-order valence-electron chi connectivity index (χ1n) is 8.53. The first-order valence-corrected chi connectivity index (χ1v) is 8.53. The number of nitrogens with two attached hydrogens (primary N) is 1. The number of amides is 2. The van der Waals surface area contributed by atoms with E-state index in [0.717, 1.165) is 11.3 Å². The number of para-hydroxylation sites is 1. The summed E-state index contributed by atoms with van der Waals surface area (Å²) in [5, 5.41) is 8.44. The molecule has 0 radical (unpaired) electrons. The summed E-state index contributed by atoms with van der Waals surface area (Å²) < 4.78 is 12.3. The van der Waals surface area contributed by atoms with Crippen LogP contribution in [0.1, 0.15) is 5.56 Å². The molecule has 0 bridgehead atoms. The Bertz CT molecular complexity index is 1060. The first-order chi connectivity index (χ1) is 14.0. The van der Waals surface area contributed by atoms with Gasteiger partial charge in [-0.15, -0.1) is 0 Å². The van der Waals surface area contributed by atoms with Crippen molar-refractivity contribution < 1.29 is 19.1 Å². The number of rotatable bonds is 6. The molecule has 9 nitrogen and oxygen atoms in total. The van der Waals surface area contributed by atoms with Gasteiger partial charge in [0.25, 0.3) is 0 Å². The van der Waals surface area contributed by atoms with Crippen molar-refractivity contribution in [3.63, 3.8) is 0 Å². The van der Waals surface area contributed by atoms with Crippen molar-refractivity contribution in [3.05, 3.63) is 60.3 Å². The Morgan fingerprint density at radius 3 is 2.48 bits per heavy atom. The van der Waals surface area contributed by atoms with Crippen LogP contribution in [0.25, 0.3) is 16.9 Å². The number of carbonyl (C=O) groups excluding carboxylic acids is 2. The zero-order valence-corrected chi connectivity index (χ0v) is 15.8. The van der Waals surface area contributed by atoms with Crippen LogP contribution < -0.4 is 20.6 Å². The van der Waals surface area contributed by atoms with Gasteiger partial charge in [0.05, 0.1) is 26.1 Å². The van der Waals surface area contributed by atoms with Gasteiger partial charge in [0.1, 0.15) is 5.69 Å². The molecule has 2 amide bonds. The number of nitrogens with zero attached hydrogens (tertiary/aromatic N) is 3. The summed E-state index contributed by atoms with van der Waals surface area (Å²) in [5.41, 5.74) is 9.77. The molecule has 0 aliphatic heterocycles. The summed E-state index contributed by atoms with van der Waals surface area (Å²) in [4.78, 5) is 22.2. The van der Waals surface area contributed by atoms with E-state index in [-0.39, 0.29) is 0 Å². The van der Waals surface area contributed by atoms with Gasteiger partial charge in [-0.1, -0.05) is 18.2 Å². The molecule has 3 aromatic rings. The van der Waals surface area contributed by atoms with Crippen LogP contribution in [0.4, 0.5) is 0 Å². The molecule has 2 aromatic carbocycles. The Morgan fingerprint density at radius 1 is 1.10 bits per heavy atom. The number of hydrogen-bond acceptors (Lipinski definition) is 6. The Labute approximate surface area is 166 Å². The second-order valence-corrected chi connectivity index (χ2v) is 5.85. The van der Waals surface area contributed by atoms with E-state index < -0.39 is 11.8 Å². The van der Waals surface area contributed by atoms with Crippen LogP contribution in [0.5, 0.6) is 11.5 Å². The molecular weight excluding hydrogens is 374 g/mol. The smallest absolute Gasteiger partial charge is 0.329 e. The van der Waals surface area contributed by atoms with Crippen LogP contribution in [0, 0.1) is 0 Å². The largest absolute Gasteiger partial charge is 0.493 e. The summed E-state index contributed by atoms with van der Waals surface area (Å²) in [5.74, 6) is -1.00. The Kier molecular flexibility index (Phi) is 5.88. The molecule has 148 valence electrons. The average Bonchev–Trinajstić information content (AvgIpc) is 3.17. The number of carbonyl (C=O) groups is 2. The molecule has 1 heterocycles. The lowest BCUT2D eigenvalue weighted by atomic mass is 10.1. The molecule has 0 atom stereocenters. The minimum Gasteiger partial charge on any atom is -0.493 e. The highest BCUT2D eigenvalue weighted by Crippen LogP contribution is 2.33. The van der Waals surface area contributed by atoms with Crippen LogP contribution in [-0.2, 0) is 9.59 Å². The fraction of sp³-hybridized carbons (Fsp3) is 0.100. The Morgan fingerprint density at radius 2 is 1.83 bits per heavy atom. The summed E-state index contributed by atoms with van der Waals surface area (Å²) in [6.45, 7) is 0. The quantitative estimate of drug-likeness (QED) is 0.373. The number of primary amides is 1. The number of ether oxygens (including phenoxy) is 2. The van der Waals surface area contributed by atoms with E-state index in [4.69, 9.17) is 15.2 Å². The molecule has 0 spiro atoms. The van der Waals surface area contributed by atoms with Gasteiger partial charge in [-0.3, -0.25) is 9.59 Å². The molecule has 0 fully saturated rings. The van der Waals surface area contributed by atoms with Crippen LogP contribution in [0.15, 0.2) is 59.8 Å². The zero-order chi connectivity index (χ0) is 20.8. The lowest BCUT2D eigenvalue weighted by Crippen LogP contribution is -2.32. The van der Waals surface area contributed by atoms with Crippen LogP contribution in [0.3, 0.4) is 0 Å². The molecule has 3 rings (SSSR count). The highest BCUT2D eigenvalue weighted by molar-refractivity contribution is 6.34. The molecule has 29 heavy (non-hydrogen) atoms. The van der Waals surface area contributed by atoms with E-state index in [1.54, 1.807) is 37.2 Å². The monoisotopic (exact) mass is 393 g/mol. The summed E-state index contributed by atoms with van der Waals surface area (Å²) >= 11 is 0. The van der Waals surface area contributed by atoms with Crippen LogP contribution >= 0.6 is 0 Å². The third-order valence-corrected chi connectivity index (χ3v) is 4.01. The molecule has 0 saturated carbocycles. The topological polar surface area (TPSA) is 121 Å². The SMILES string of the molecule is COc1ccc(-c2nn(-c3ccccc3)cc2C=NNC(=O)C(N)=O)cc1OC. The van der Waals surface area contributed by atoms with E-state index in [9.17, 15) is 9.59 Å². The van der Waals surface area contributed by atoms with Crippen molar-refractivity contribution in [2.24, 2.45) is 10.8 Å². The van der Waals surface area contributed by atoms with E-state index in [1.165, 1.54) is 6.21 Å². The van der Waals surface area contributed by atoms with Gasteiger partial charge in [0.2, 0.25) is 0 Å². The molecule has 3 N–H and O–H groups in total. The van der Waals surface area contributed by atoms with Crippen LogP contribution in [-0.4, -0.2) is 42.0 Å². The molecule has 1 aromatic heterocycles. The number of benzene rings is 2. The maximum absolute atomic E-state index is 11.3. The van der Waals surface area contributed by atoms with Gasteiger partial charge in [0, 0.05) is 17.3 Å². The Balaban J connectivity index is 2.04. The average molecular weight is 393 g/mol. The number of hydrogen-bond donors (Lipinski definition) is 2. The summed E-state index contributed by atoms with van der Waals surface area (Å²) in [6, 6.07) is 14.9. The molecule has 0 saturated heterocycles. The minimum atomic E-state index is -1.12. The predicted molar refractivity (Wildman–Crippen MR) is 107 cm³/mol. The highest BCUT2D eigenvalue weighted by Gasteiger charge is 2.14. The van der Waals surface area contributed by atoms with Gasteiger partial charge in [-0.2, -0.15) is 10.2 Å². The number of hydrazone groups is 1. The van der Waals surface area contributed by atoms with Crippen LogP contribution in [0.2, 0.25) is 0 Å². The van der Waals surface area contributed by atoms with Crippen molar-refractivity contribution in [2.45, 2.75) is 0 Å². The normalized spacial score (nSPS) is 10.7. The van der Waals surface area contributed by atoms with Crippen molar-refractivity contribution in [3.8, 4) is 28.4 Å². The van der Waals surface area contributed by atoms with Gasteiger partial charge in [0.15, 0.2) is 11.5 Å². The van der Waals surface area contributed by atoms with Crippen molar-refractivity contribution in [1.29, 1.82) is 0 Å². The molecular formula is C20H19N5O4. The van der Waals surface area contributed by atoms with Gasteiger partial charge in [-0.05, 0) is 30.3 Å². The Hall–Kier alpha value is -4.14. The maximum atomic E-state index is 11.3. The molecule has 0 aliphatic carbocycles. The number of methoxy groups -OCH3 is 2. The minimum absolute atomic E-state index is 0.546. The second kappa shape index (κ2) is 8.70. The van der Waals surface area contributed by atoms with Gasteiger partial charge in [-0.25, -0.2) is 10.1 Å². The van der Waals surface area contributed by atoms with E-state index in [1.807, 2.05) is 36.4 Å². The number of aromatic nitrogens is 2. The van der Waals surface area contributed by atoms with E-state index in [2.05, 4.69) is 15.6 Å². The lowest BCUT2D eigenvalue weighted by molar-refractivity contribution is -0.137. The first kappa shape index (κ1) is 19.6. The van der Waals surface area contributed by atoms with Gasteiger partial charge >= 0.3 is 11.8 Å². The predicted octanol–water partition coefficient (Wildman–Crippen LogP) is 1.49. The van der Waals surface area contributed by atoms with Gasteiger partial charge < -0.3 is 15.2 Å². The molecule has 0 aliphatic rings. The van der Waals surface area contributed by atoms with Crippen molar-refractivity contribution in [1.82, 2.24) is 15.2 Å². The third kappa shape index (κ3) is 4.41. The van der Waals surface area contributed by atoms with E-state index >= 15 is 0 Å². The lowest BCUT2D eigenvalue weighted by Gasteiger charge is -2.09. The second-order valence-electron chi connectivity index (χ2n) is 5.85. The standard InChI is InChI=1S/C20H19N5O4/c1-28-16-9-8-13(10-17(16)29-2)18-14(11-22-23-20(27)19(21)26)12-25(24-18)15-6-4-3-5-7-15/h3-12H,1-2H3,(H2,21,26)(H,23,27). The van der Waals surface area contributed by atoms with Crippen molar-refractivity contribution >= 4 is 18.0 Å².